The largest absolute Gasteiger partial charge is 1.00 e. The zero-order valence-corrected chi connectivity index (χ0v) is 94.6. The van der Waals surface area contributed by atoms with Crippen LogP contribution in [0.3, 0.4) is 0 Å². The van der Waals surface area contributed by atoms with Crippen molar-refractivity contribution in [1.29, 1.82) is 0 Å². The van der Waals surface area contributed by atoms with Crippen LogP contribution in [0.25, 0.3) is 0 Å². The normalized spacial score (nSPS) is 3.86. The first kappa shape index (κ1) is 104. The van der Waals surface area contributed by atoms with Crippen LogP contribution < -0.4 is 887 Å². The van der Waals surface area contributed by atoms with E-state index in [-0.39, 0.29) is 827 Å². The van der Waals surface area contributed by atoms with E-state index in [0.717, 1.165) is 0 Å². The van der Waals surface area contributed by atoms with Crippen LogP contribution >= 0.6 is 0 Å². The van der Waals surface area contributed by atoms with E-state index in [1.807, 2.05) is 0 Å². The second kappa shape index (κ2) is 98.5. The van der Waals surface area contributed by atoms with Crippen molar-refractivity contribution >= 4 is 29.3 Å². The molecule has 0 amide bonds. The molecule has 0 N–H and O–H groups in total. The molecule has 28 heavy (non-hydrogen) atoms. The first-order chi connectivity index (χ1) is 6.93. The maximum absolute atomic E-state index is 8.42. The van der Waals surface area contributed by atoms with Crippen LogP contribution in [0.15, 0.2) is 0 Å². The van der Waals surface area contributed by atoms with E-state index < -0.39 is 29.3 Å². The molecule has 96 valence electrons. The summed E-state index contributed by atoms with van der Waals surface area (Å²) in [7, 11) is -11.7. The van der Waals surface area contributed by atoms with Gasteiger partial charge in [0.2, 0.25) is 0 Å². The molecule has 0 aromatic rings. The minimum absolute atomic E-state index is 0. The van der Waals surface area contributed by atoms with E-state index >= 15 is 0 Å². The quantitative estimate of drug-likeness (QED) is 0.205. The zero-order chi connectivity index (χ0) is 14.3. The van der Waals surface area contributed by atoms with Gasteiger partial charge < -0.3 is 60.3 Å². The topological polar surface area (TPSA) is 277 Å². The first-order valence-electron chi connectivity index (χ1n) is 2.83. The molecular weight excluding hydrogens is 1830 g/mol. The molecule has 0 spiro atoms. The molecule has 12 nitrogen and oxygen atoms in total. The third-order valence-electron chi connectivity index (χ3n) is 0. The summed E-state index contributed by atoms with van der Waals surface area (Å²) in [5.41, 5.74) is 0. The summed E-state index contributed by atoms with van der Waals surface area (Å²) in [5, 5.41) is 101. The summed E-state index contributed by atoms with van der Waals surface area (Å²) >= 11 is 0. The molecule has 0 aliphatic carbocycles. The monoisotopic (exact) mass is 1830 g/mol. The fourth-order valence-electron chi connectivity index (χ4n) is 0. The van der Waals surface area contributed by atoms with Gasteiger partial charge in [0.1, 0.15) is 0 Å². The SMILES string of the molecule is [Cs+].[Cs+].[Cs+].[Cs+].[Cs+].[Cs+].[Cs+].[Cs+].[Cs+].[Cs+].[Cs+].[Cs+].[O-]B([O-])[O-].[O-]B([O-])[O-].[O-]B([O-])[O-].[O-]B([O-])[O-]. The summed E-state index contributed by atoms with van der Waals surface area (Å²) in [4.78, 5) is 0. The Labute approximate surface area is 874 Å². The Hall–Kier alpha value is 24.4. The fraction of sp³-hybridized carbons (Fsp3) is 0. The minimum Gasteiger partial charge on any atom is -0.907 e. The molecule has 0 aromatic carbocycles. The van der Waals surface area contributed by atoms with Gasteiger partial charge in [0.25, 0.3) is 0 Å². The standard InChI is InChI=1S/4BO3.12Cs/c4*2-1(3)4;;;;;;;;;;;;/q4*-3;12*+1. The average Bonchev–Trinajstić information content (AvgIpc) is 1.76. The first-order valence-corrected chi connectivity index (χ1v) is 2.83. The predicted molar refractivity (Wildman–Crippen MR) is 23.0 cm³/mol. The van der Waals surface area contributed by atoms with E-state index in [9.17, 15) is 0 Å². The maximum atomic E-state index is 8.42. The van der Waals surface area contributed by atoms with Crippen molar-refractivity contribution in [2.75, 3.05) is 0 Å². The van der Waals surface area contributed by atoms with Crippen molar-refractivity contribution in [3.63, 3.8) is 0 Å². The van der Waals surface area contributed by atoms with Gasteiger partial charge in [0.15, 0.2) is 0 Å². The van der Waals surface area contributed by atoms with Crippen LogP contribution in [0.1, 0.15) is 0 Å². The molecule has 0 saturated heterocycles. The van der Waals surface area contributed by atoms with E-state index in [0.29, 0.717) is 0 Å². The molecule has 0 unspecified atom stereocenters. The number of rotatable bonds is 0. The summed E-state index contributed by atoms with van der Waals surface area (Å²) in [6.45, 7) is 0. The fourth-order valence-corrected chi connectivity index (χ4v) is 0. The van der Waals surface area contributed by atoms with Gasteiger partial charge in [-0.05, 0) is 0 Å². The van der Waals surface area contributed by atoms with Crippen molar-refractivity contribution < 1.29 is 887 Å². The molecule has 0 saturated carbocycles. The Morgan fingerprint density at radius 1 is 0.179 bits per heavy atom. The van der Waals surface area contributed by atoms with Gasteiger partial charge in [-0.25, -0.2) is 0 Å². The van der Waals surface area contributed by atoms with Crippen molar-refractivity contribution in [3.05, 3.63) is 0 Å². The van der Waals surface area contributed by atoms with Crippen LogP contribution in [0.2, 0.25) is 0 Å². The molecule has 0 rings (SSSR count). The Morgan fingerprint density at radius 3 is 0.179 bits per heavy atom. The number of hydrogen-bond donors (Lipinski definition) is 0. The van der Waals surface area contributed by atoms with Gasteiger partial charge in [-0.2, -0.15) is 0 Å². The Bertz CT molecular complexity index is 83.6. The predicted octanol–water partition coefficient (Wildman–Crippen LogP) is -51.7. The third-order valence-corrected chi connectivity index (χ3v) is 0. The van der Waals surface area contributed by atoms with Crippen LogP contribution in [-0.4, -0.2) is 29.3 Å². The summed E-state index contributed by atoms with van der Waals surface area (Å²) < 4.78 is 0. The van der Waals surface area contributed by atoms with Gasteiger partial charge >= 0.3 is 827 Å². The van der Waals surface area contributed by atoms with E-state index in [1.54, 1.807) is 0 Å². The van der Waals surface area contributed by atoms with Gasteiger partial charge in [-0.1, -0.05) is 0 Å². The average molecular weight is 1830 g/mol. The Kier molecular flexibility index (Phi) is 368. The van der Waals surface area contributed by atoms with Gasteiger partial charge in [-0.3, -0.25) is 29.3 Å². The third kappa shape index (κ3) is 207. The van der Waals surface area contributed by atoms with Crippen molar-refractivity contribution in [3.8, 4) is 0 Å². The van der Waals surface area contributed by atoms with Crippen molar-refractivity contribution in [2.24, 2.45) is 0 Å². The summed E-state index contributed by atoms with van der Waals surface area (Å²) in [6.07, 6.45) is 0. The molecule has 28 heteroatoms. The smallest absolute Gasteiger partial charge is 0.907 e. The molecule has 0 aromatic heterocycles. The molecule has 0 aliphatic heterocycles. The molecule has 0 heterocycles. The van der Waals surface area contributed by atoms with Crippen molar-refractivity contribution in [2.45, 2.75) is 0 Å². The van der Waals surface area contributed by atoms with Gasteiger partial charge in [0, 0.05) is 0 Å². The van der Waals surface area contributed by atoms with Crippen LogP contribution in [0, 0.1) is 0 Å². The molecule has 0 fully saturated rings. The maximum Gasteiger partial charge on any atom is 1.00 e. The van der Waals surface area contributed by atoms with E-state index in [1.165, 1.54) is 0 Å². The van der Waals surface area contributed by atoms with Crippen LogP contribution in [0.5, 0.6) is 0 Å². The Balaban J connectivity index is -0.00000000429. The molecule has 0 bridgehead atoms. The van der Waals surface area contributed by atoms with Crippen molar-refractivity contribution in [1.82, 2.24) is 0 Å². The molecule has 0 aliphatic rings. The molecular formula is B4Cs12O12. The minimum atomic E-state index is -2.92. The number of hydrogen-bond acceptors (Lipinski definition) is 12. The second-order valence-corrected chi connectivity index (χ2v) is 1.15. The molecule has 0 atom stereocenters. The Morgan fingerprint density at radius 2 is 0.179 bits per heavy atom. The second-order valence-electron chi connectivity index (χ2n) is 1.15. The van der Waals surface area contributed by atoms with E-state index in [2.05, 4.69) is 0 Å². The van der Waals surface area contributed by atoms with Crippen LogP contribution in [0.4, 0.5) is 0 Å². The van der Waals surface area contributed by atoms with Crippen LogP contribution in [-0.2, 0) is 0 Å². The van der Waals surface area contributed by atoms with E-state index in [4.69, 9.17) is 60.3 Å². The molecule has 0 radical (unpaired) electrons. The van der Waals surface area contributed by atoms with Gasteiger partial charge in [0.05, 0.1) is 0 Å². The zero-order valence-electron chi connectivity index (χ0n) is 19.2. The van der Waals surface area contributed by atoms with Gasteiger partial charge in [-0.15, -0.1) is 0 Å². The summed E-state index contributed by atoms with van der Waals surface area (Å²) in [5.74, 6) is 0. The summed E-state index contributed by atoms with van der Waals surface area (Å²) in [6, 6.07) is 0.